The molecule has 0 saturated heterocycles. The average Bonchev–Trinajstić information content (AvgIpc) is 3.17. The highest BCUT2D eigenvalue weighted by atomic mass is 16.4. The Labute approximate surface area is 367 Å². The predicted octanol–water partition coefficient (Wildman–Crippen LogP) is 2.25. The van der Waals surface area contributed by atoms with Crippen LogP contribution in [-0.2, 0) is 38.4 Å². The number of amides is 4. The predicted molar refractivity (Wildman–Crippen MR) is 234 cm³/mol. The van der Waals surface area contributed by atoms with E-state index in [-0.39, 0.29) is 6.42 Å². The fourth-order valence-corrected chi connectivity index (χ4v) is 6.91. The largest absolute Gasteiger partial charge is 0.481 e. The Kier molecular flexibility index (Phi) is 29.4. The summed E-state index contributed by atoms with van der Waals surface area (Å²) in [5.74, 6) is -10.4. The van der Waals surface area contributed by atoms with Crippen LogP contribution in [0.1, 0.15) is 151 Å². The average molecular weight is 883 g/mol. The Bertz CT molecular complexity index is 1470. The molecule has 62 heavy (non-hydrogen) atoms. The first kappa shape index (κ1) is 57.7. The normalized spacial score (nSPS) is 15.7. The van der Waals surface area contributed by atoms with Crippen LogP contribution in [0.25, 0.3) is 0 Å². The summed E-state index contributed by atoms with van der Waals surface area (Å²) in [6, 6.07) is -4.03. The molecule has 4 amide bonds. The van der Waals surface area contributed by atoms with Crippen molar-refractivity contribution in [3.63, 3.8) is 0 Å². The van der Waals surface area contributed by atoms with Gasteiger partial charge in [0.05, 0.1) is 61.4 Å². The van der Waals surface area contributed by atoms with Gasteiger partial charge in [0.25, 0.3) is 0 Å². The molecule has 0 rings (SSSR count). The molecule has 8 atom stereocenters. The quantitative estimate of drug-likeness (QED) is 0.0248. The summed E-state index contributed by atoms with van der Waals surface area (Å²) < 4.78 is 0. The maximum Gasteiger partial charge on any atom is 0.306 e. The lowest BCUT2D eigenvalue weighted by molar-refractivity contribution is -0.143. The number of carbonyl (C=O) groups is 8. The number of carbonyl (C=O) groups excluding carboxylic acids is 7. The van der Waals surface area contributed by atoms with E-state index in [0.717, 1.165) is 51.5 Å². The highest BCUT2D eigenvalue weighted by Gasteiger charge is 2.37. The number of ketones is 3. The zero-order chi connectivity index (χ0) is 47.5. The number of carboxylic acid groups (broad SMARTS) is 1. The van der Waals surface area contributed by atoms with Crippen molar-refractivity contribution in [3.05, 3.63) is 0 Å². The number of aliphatic hydroxyl groups is 3. The second-order valence-electron chi connectivity index (χ2n) is 17.4. The lowest BCUT2D eigenvalue weighted by atomic mass is 9.86. The standard InChI is InChI=1S/C44H78N6O12/c1-26(2)32(22-37(55)35(25-51)48-40(58)21-31(53)18-16-14-12-10-8-9-11-13-15-17-19-47-30(7)45)42(59)50-41(27(3)4)38(56)23-33(29(6)52)43(60)49-34(24-39(46)57)36(54)20-28(5)44(61)62/h26-29,31-35,41,51-53H,8-25H2,1-7H3,(H2,45,47)(H2,46,57)(H,48,58)(H,49,60)(H,50,59)(H,61,62). The monoisotopic (exact) mass is 883 g/mol. The van der Waals surface area contributed by atoms with E-state index in [2.05, 4.69) is 20.9 Å². The molecule has 0 fully saturated rings. The van der Waals surface area contributed by atoms with Crippen LogP contribution in [0.5, 0.6) is 0 Å². The molecule has 0 aromatic heterocycles. The maximum atomic E-state index is 13.6. The third kappa shape index (κ3) is 25.0. The zero-order valence-electron chi connectivity index (χ0n) is 38.2. The van der Waals surface area contributed by atoms with Gasteiger partial charge in [0.2, 0.25) is 23.6 Å². The van der Waals surface area contributed by atoms with Crippen LogP contribution in [0.4, 0.5) is 0 Å². The summed E-state index contributed by atoms with van der Waals surface area (Å²) in [6.45, 7) is 11.0. The highest BCUT2D eigenvalue weighted by Crippen LogP contribution is 2.21. The van der Waals surface area contributed by atoms with E-state index in [0.29, 0.717) is 12.3 Å². The number of unbranched alkanes of at least 4 members (excludes halogenated alkanes) is 9. The van der Waals surface area contributed by atoms with Gasteiger partial charge in [-0.15, -0.1) is 0 Å². The number of carboxylic acids is 1. The molecule has 356 valence electrons. The molecule has 0 aromatic rings. The van der Waals surface area contributed by atoms with E-state index in [4.69, 9.17) is 11.5 Å². The number of aliphatic imine (C=N–C) groups is 1. The number of nitrogens with zero attached hydrogens (tertiary/aromatic N) is 1. The fourth-order valence-electron chi connectivity index (χ4n) is 6.91. The minimum Gasteiger partial charge on any atom is -0.481 e. The number of hydrogen-bond donors (Lipinski definition) is 9. The highest BCUT2D eigenvalue weighted by molar-refractivity contribution is 5.98. The van der Waals surface area contributed by atoms with Gasteiger partial charge >= 0.3 is 5.97 Å². The van der Waals surface area contributed by atoms with E-state index in [1.165, 1.54) is 33.1 Å². The van der Waals surface area contributed by atoms with E-state index >= 15 is 0 Å². The Morgan fingerprint density at radius 2 is 1.08 bits per heavy atom. The van der Waals surface area contributed by atoms with Crippen LogP contribution in [0.2, 0.25) is 0 Å². The second kappa shape index (κ2) is 31.5. The van der Waals surface area contributed by atoms with Gasteiger partial charge in [-0.2, -0.15) is 0 Å². The Morgan fingerprint density at radius 1 is 0.581 bits per heavy atom. The zero-order valence-corrected chi connectivity index (χ0v) is 38.2. The molecule has 0 radical (unpaired) electrons. The third-order valence-corrected chi connectivity index (χ3v) is 10.9. The van der Waals surface area contributed by atoms with Crippen molar-refractivity contribution in [2.45, 2.75) is 182 Å². The summed E-state index contributed by atoms with van der Waals surface area (Å²) in [6.07, 6.45) is 6.32. The van der Waals surface area contributed by atoms with Crippen LogP contribution in [-0.4, -0.2) is 117 Å². The summed E-state index contributed by atoms with van der Waals surface area (Å²) >= 11 is 0. The number of primary amides is 1. The van der Waals surface area contributed by atoms with Crippen molar-refractivity contribution < 1.29 is 58.8 Å². The van der Waals surface area contributed by atoms with Gasteiger partial charge in [0.15, 0.2) is 17.3 Å². The van der Waals surface area contributed by atoms with E-state index < -0.39 is 139 Å². The molecule has 0 saturated carbocycles. The van der Waals surface area contributed by atoms with Gasteiger partial charge in [-0.05, 0) is 38.5 Å². The van der Waals surface area contributed by atoms with Crippen LogP contribution in [0.3, 0.4) is 0 Å². The van der Waals surface area contributed by atoms with Gasteiger partial charge in [-0.1, -0.05) is 92.4 Å². The lowest BCUT2D eigenvalue weighted by Gasteiger charge is -2.29. The Hall–Kier alpha value is -4.29. The molecule has 0 aliphatic rings. The minimum absolute atomic E-state index is 0.260. The van der Waals surface area contributed by atoms with Crippen molar-refractivity contribution in [1.82, 2.24) is 16.0 Å². The van der Waals surface area contributed by atoms with E-state index in [9.17, 15) is 58.8 Å². The summed E-state index contributed by atoms with van der Waals surface area (Å²) in [4.78, 5) is 107. The van der Waals surface area contributed by atoms with Gasteiger partial charge in [0.1, 0.15) is 6.04 Å². The Morgan fingerprint density at radius 3 is 1.55 bits per heavy atom. The number of hydrogen-bond acceptors (Lipinski definition) is 12. The second-order valence-corrected chi connectivity index (χ2v) is 17.4. The van der Waals surface area contributed by atoms with Gasteiger partial charge in [-0.25, -0.2) is 0 Å². The number of aliphatic carboxylic acids is 1. The first-order valence-electron chi connectivity index (χ1n) is 22.2. The topological polar surface area (TPSA) is 318 Å². The molecular formula is C44H78N6O12. The van der Waals surface area contributed by atoms with Crippen LogP contribution >= 0.6 is 0 Å². The molecule has 0 heterocycles. The number of Topliss-reactive ketones (excluding diaryl/α,β-unsaturated/α-hetero) is 3. The van der Waals surface area contributed by atoms with Gasteiger partial charge in [0, 0.05) is 31.7 Å². The molecule has 0 bridgehead atoms. The third-order valence-electron chi connectivity index (χ3n) is 10.9. The number of nitrogens with one attached hydrogen (secondary N) is 3. The molecule has 11 N–H and O–H groups in total. The minimum atomic E-state index is -1.50. The van der Waals surface area contributed by atoms with Gasteiger partial charge in [-0.3, -0.25) is 43.3 Å². The molecule has 8 unspecified atom stereocenters. The molecule has 18 heteroatoms. The molecule has 0 aliphatic carbocycles. The Balaban J connectivity index is 5.26. The van der Waals surface area contributed by atoms with Crippen molar-refractivity contribution in [3.8, 4) is 0 Å². The van der Waals surface area contributed by atoms with Gasteiger partial charge < -0.3 is 47.8 Å². The summed E-state index contributed by atoms with van der Waals surface area (Å²) in [7, 11) is 0. The van der Waals surface area contributed by atoms with Crippen molar-refractivity contribution in [2.75, 3.05) is 13.2 Å². The van der Waals surface area contributed by atoms with E-state index in [1.807, 2.05) is 0 Å². The lowest BCUT2D eigenvalue weighted by Crippen LogP contribution is -2.52. The van der Waals surface area contributed by atoms with Crippen molar-refractivity contribution in [2.24, 2.45) is 46.0 Å². The summed E-state index contributed by atoms with van der Waals surface area (Å²) in [5.41, 5.74) is 10.8. The molecule has 0 aliphatic heterocycles. The van der Waals surface area contributed by atoms with Crippen molar-refractivity contribution in [1.29, 1.82) is 0 Å². The smallest absolute Gasteiger partial charge is 0.306 e. The SMILES string of the molecule is CC(N)=NCCCCCCCCCCCCC(O)CC(=O)NC(CO)C(=O)CC(C(=O)NC(C(=O)CC(C(=O)NC(CC(N)=O)C(=O)CC(C)C(=O)O)C(C)O)C(C)C)C(C)C. The van der Waals surface area contributed by atoms with Crippen molar-refractivity contribution >= 4 is 52.8 Å². The maximum absolute atomic E-state index is 13.6. The molecule has 18 nitrogen and oxygen atoms in total. The number of nitrogens with two attached hydrogens (primary N) is 2. The number of rotatable bonds is 36. The van der Waals surface area contributed by atoms with Crippen LogP contribution < -0.4 is 27.4 Å². The molecule has 0 spiro atoms. The number of amidine groups is 1. The molecule has 0 aromatic carbocycles. The first-order valence-corrected chi connectivity index (χ1v) is 22.2. The fraction of sp³-hybridized carbons (Fsp3) is 0.795. The summed E-state index contributed by atoms with van der Waals surface area (Å²) in [5, 5.41) is 47.6. The van der Waals surface area contributed by atoms with Crippen LogP contribution in [0.15, 0.2) is 4.99 Å². The number of aliphatic hydroxyl groups excluding tert-OH is 3. The first-order chi connectivity index (χ1) is 29.0. The van der Waals surface area contributed by atoms with Crippen LogP contribution in [0, 0.1) is 29.6 Å². The molecular weight excluding hydrogens is 805 g/mol. The van der Waals surface area contributed by atoms with E-state index in [1.54, 1.807) is 34.6 Å².